The topological polar surface area (TPSA) is 122 Å². The molecule has 0 bridgehead atoms. The monoisotopic (exact) mass is 503 g/mol. The maximum absolute atomic E-state index is 13.1. The smallest absolute Gasteiger partial charge is 0.262 e. The summed E-state index contributed by atoms with van der Waals surface area (Å²) in [5.74, 6) is -0.238. The maximum Gasteiger partial charge on any atom is 0.262 e. The van der Waals surface area contributed by atoms with Crippen molar-refractivity contribution in [1.29, 1.82) is 0 Å². The van der Waals surface area contributed by atoms with Crippen LogP contribution in [0.1, 0.15) is 15.9 Å². The first-order chi connectivity index (χ1) is 16.0. The standard InChI is InChI=1S/C23H25N3O6S2/c1-16-12-13-17(14-22(16)33(28,29)25-20-10-5-6-11-21(20)32-4)23(27)24-18-8-7-9-19(15-18)34(30,31)26(2)3/h5-15,25H,1-4H3,(H,24,27). The van der Waals surface area contributed by atoms with Gasteiger partial charge in [0.25, 0.3) is 15.9 Å². The molecule has 34 heavy (non-hydrogen) atoms. The highest BCUT2D eigenvalue weighted by atomic mass is 32.2. The van der Waals surface area contributed by atoms with Gasteiger partial charge < -0.3 is 10.1 Å². The molecule has 3 rings (SSSR count). The largest absolute Gasteiger partial charge is 0.495 e. The van der Waals surface area contributed by atoms with Gasteiger partial charge in [0.1, 0.15) is 5.75 Å². The second kappa shape index (κ2) is 9.84. The van der Waals surface area contributed by atoms with Crippen molar-refractivity contribution in [2.45, 2.75) is 16.7 Å². The summed E-state index contributed by atoms with van der Waals surface area (Å²) < 4.78 is 59.6. The number of ether oxygens (including phenoxy) is 1. The van der Waals surface area contributed by atoms with E-state index in [-0.39, 0.29) is 26.7 Å². The molecule has 0 atom stereocenters. The molecule has 0 fully saturated rings. The molecule has 0 saturated carbocycles. The average molecular weight is 504 g/mol. The fourth-order valence-corrected chi connectivity index (χ4v) is 5.40. The molecule has 2 N–H and O–H groups in total. The van der Waals surface area contributed by atoms with Crippen molar-refractivity contribution < 1.29 is 26.4 Å². The molecule has 11 heteroatoms. The van der Waals surface area contributed by atoms with E-state index < -0.39 is 26.0 Å². The van der Waals surface area contributed by atoms with E-state index in [1.165, 1.54) is 57.6 Å². The fraction of sp³-hybridized carbons (Fsp3) is 0.174. The highest BCUT2D eigenvalue weighted by Gasteiger charge is 2.22. The number of hydrogen-bond acceptors (Lipinski definition) is 6. The Kier molecular flexibility index (Phi) is 7.29. The summed E-state index contributed by atoms with van der Waals surface area (Å²) in [4.78, 5) is 12.8. The first-order valence-corrected chi connectivity index (χ1v) is 13.0. The predicted molar refractivity (Wildman–Crippen MR) is 130 cm³/mol. The van der Waals surface area contributed by atoms with Crippen molar-refractivity contribution in [2.75, 3.05) is 31.2 Å². The highest BCUT2D eigenvalue weighted by Crippen LogP contribution is 2.28. The average Bonchev–Trinajstić information content (AvgIpc) is 2.79. The molecule has 0 aliphatic rings. The van der Waals surface area contributed by atoms with Crippen molar-refractivity contribution in [3.05, 3.63) is 77.9 Å². The van der Waals surface area contributed by atoms with E-state index in [1.54, 1.807) is 37.3 Å². The molecule has 0 unspecified atom stereocenters. The maximum atomic E-state index is 13.1. The third-order valence-electron chi connectivity index (χ3n) is 4.96. The summed E-state index contributed by atoms with van der Waals surface area (Å²) in [7, 11) is -3.46. The molecule has 0 heterocycles. The summed E-state index contributed by atoms with van der Waals surface area (Å²) in [5.41, 5.74) is 1.05. The number of rotatable bonds is 8. The molecule has 9 nitrogen and oxygen atoms in total. The Balaban J connectivity index is 1.90. The van der Waals surface area contributed by atoms with Gasteiger partial charge >= 0.3 is 0 Å². The molecule has 3 aromatic carbocycles. The van der Waals surface area contributed by atoms with Crippen LogP contribution in [0.2, 0.25) is 0 Å². The number of methoxy groups -OCH3 is 1. The van der Waals surface area contributed by atoms with Gasteiger partial charge in [-0.1, -0.05) is 24.3 Å². The van der Waals surface area contributed by atoms with E-state index in [1.807, 2.05) is 0 Å². The van der Waals surface area contributed by atoms with Gasteiger partial charge in [0.05, 0.1) is 22.6 Å². The van der Waals surface area contributed by atoms with Crippen LogP contribution in [0.5, 0.6) is 5.75 Å². The Bertz CT molecular complexity index is 1430. The molecule has 0 spiro atoms. The Labute approximate surface area is 199 Å². The number of nitrogens with zero attached hydrogens (tertiary/aromatic N) is 1. The number of carbonyl (C=O) groups is 1. The molecule has 180 valence electrons. The van der Waals surface area contributed by atoms with Crippen LogP contribution >= 0.6 is 0 Å². The van der Waals surface area contributed by atoms with Gasteiger partial charge in [-0.05, 0) is 55.0 Å². The van der Waals surface area contributed by atoms with E-state index >= 15 is 0 Å². The predicted octanol–water partition coefficient (Wildman–Crippen LogP) is 3.31. The Morgan fingerprint density at radius 3 is 2.29 bits per heavy atom. The molecule has 0 radical (unpaired) electrons. The number of aryl methyl sites for hydroxylation is 1. The van der Waals surface area contributed by atoms with Crippen LogP contribution in [0.25, 0.3) is 0 Å². The lowest BCUT2D eigenvalue weighted by molar-refractivity contribution is 0.102. The van der Waals surface area contributed by atoms with Gasteiger partial charge in [-0.2, -0.15) is 0 Å². The number of sulfonamides is 2. The number of para-hydroxylation sites is 2. The van der Waals surface area contributed by atoms with Crippen LogP contribution < -0.4 is 14.8 Å². The Morgan fingerprint density at radius 2 is 1.62 bits per heavy atom. The molecule has 0 aromatic heterocycles. The van der Waals surface area contributed by atoms with Crippen molar-refractivity contribution in [2.24, 2.45) is 0 Å². The third kappa shape index (κ3) is 5.38. The number of anilines is 2. The second-order valence-corrected chi connectivity index (χ2v) is 11.4. The van der Waals surface area contributed by atoms with Crippen LogP contribution in [-0.2, 0) is 20.0 Å². The lowest BCUT2D eigenvalue weighted by Crippen LogP contribution is -2.22. The summed E-state index contributed by atoms with van der Waals surface area (Å²) >= 11 is 0. The summed E-state index contributed by atoms with van der Waals surface area (Å²) in [5, 5.41) is 2.62. The van der Waals surface area contributed by atoms with E-state index in [0.717, 1.165) is 4.31 Å². The zero-order valence-electron chi connectivity index (χ0n) is 19.1. The van der Waals surface area contributed by atoms with E-state index in [4.69, 9.17) is 4.74 Å². The van der Waals surface area contributed by atoms with Crippen LogP contribution in [0, 0.1) is 6.92 Å². The number of carbonyl (C=O) groups excluding carboxylic acids is 1. The van der Waals surface area contributed by atoms with Gasteiger partial charge in [0.15, 0.2) is 0 Å². The minimum atomic E-state index is -4.04. The van der Waals surface area contributed by atoms with Crippen molar-refractivity contribution >= 4 is 37.3 Å². The minimum Gasteiger partial charge on any atom is -0.495 e. The van der Waals surface area contributed by atoms with Gasteiger partial charge in [-0.25, -0.2) is 21.1 Å². The third-order valence-corrected chi connectivity index (χ3v) is 8.28. The molecular weight excluding hydrogens is 478 g/mol. The minimum absolute atomic E-state index is 0.0171. The van der Waals surface area contributed by atoms with Crippen molar-refractivity contribution in [3.63, 3.8) is 0 Å². The summed E-state index contributed by atoms with van der Waals surface area (Å²) in [6, 6.07) is 16.7. The van der Waals surface area contributed by atoms with E-state index in [9.17, 15) is 21.6 Å². The molecule has 0 saturated heterocycles. The van der Waals surface area contributed by atoms with Gasteiger partial charge in [-0.15, -0.1) is 0 Å². The van der Waals surface area contributed by atoms with Crippen LogP contribution in [0.4, 0.5) is 11.4 Å². The number of nitrogens with one attached hydrogen (secondary N) is 2. The van der Waals surface area contributed by atoms with E-state index in [2.05, 4.69) is 10.0 Å². The molecular formula is C23H25N3O6S2. The van der Waals surface area contributed by atoms with Crippen molar-refractivity contribution in [3.8, 4) is 5.75 Å². The zero-order chi connectivity index (χ0) is 25.1. The summed E-state index contributed by atoms with van der Waals surface area (Å²) in [6.07, 6.45) is 0. The normalized spacial score (nSPS) is 11.8. The molecule has 0 aliphatic heterocycles. The SMILES string of the molecule is COc1ccccc1NS(=O)(=O)c1cc(C(=O)Nc2cccc(S(=O)(=O)N(C)C)c2)ccc1C. The zero-order valence-corrected chi connectivity index (χ0v) is 20.7. The molecule has 3 aromatic rings. The second-order valence-electron chi connectivity index (χ2n) is 7.56. The Morgan fingerprint density at radius 1 is 0.912 bits per heavy atom. The van der Waals surface area contributed by atoms with Crippen molar-refractivity contribution in [1.82, 2.24) is 4.31 Å². The van der Waals surface area contributed by atoms with E-state index in [0.29, 0.717) is 11.3 Å². The first-order valence-electron chi connectivity index (χ1n) is 10.1. The van der Waals surface area contributed by atoms with Crippen LogP contribution in [0.15, 0.2) is 76.5 Å². The molecule has 1 amide bonds. The summed E-state index contributed by atoms with van der Waals surface area (Å²) in [6.45, 7) is 1.62. The van der Waals surface area contributed by atoms with Gasteiger partial charge in [0, 0.05) is 25.3 Å². The number of amides is 1. The Hall–Kier alpha value is -3.41. The van der Waals surface area contributed by atoms with Gasteiger partial charge in [-0.3, -0.25) is 9.52 Å². The molecule has 0 aliphatic carbocycles. The van der Waals surface area contributed by atoms with Gasteiger partial charge in [0.2, 0.25) is 10.0 Å². The number of benzene rings is 3. The van der Waals surface area contributed by atoms with Crippen LogP contribution in [-0.4, -0.2) is 48.3 Å². The lowest BCUT2D eigenvalue weighted by atomic mass is 10.1. The quantitative estimate of drug-likeness (QED) is 0.486. The van der Waals surface area contributed by atoms with Crippen LogP contribution in [0.3, 0.4) is 0 Å². The highest BCUT2D eigenvalue weighted by molar-refractivity contribution is 7.92. The fourth-order valence-electron chi connectivity index (χ4n) is 3.11. The first kappa shape index (κ1) is 25.2. The lowest BCUT2D eigenvalue weighted by Gasteiger charge is -2.15. The number of hydrogen-bond donors (Lipinski definition) is 2.